The van der Waals surface area contributed by atoms with E-state index in [-0.39, 0.29) is 11.2 Å². The molecule has 0 aromatic heterocycles. The van der Waals surface area contributed by atoms with Crippen LogP contribution in [0.1, 0.15) is 38.8 Å². The molecule has 0 spiro atoms. The van der Waals surface area contributed by atoms with Crippen LogP contribution < -0.4 is 5.32 Å². The van der Waals surface area contributed by atoms with Crippen molar-refractivity contribution in [2.45, 2.75) is 47.2 Å². The molecule has 0 aliphatic carbocycles. The van der Waals surface area contributed by atoms with Crippen LogP contribution in [0.2, 0.25) is 0 Å². The molecule has 2 heteroatoms. The molecule has 1 N–H and O–H groups in total. The Hall–Kier alpha value is -0.890. The Bertz CT molecular complexity index is 352. The highest BCUT2D eigenvalue weighted by atomic mass is 19.1. The summed E-state index contributed by atoms with van der Waals surface area (Å²) < 4.78 is 12.9. The second-order valence-electron chi connectivity index (χ2n) is 5.54. The van der Waals surface area contributed by atoms with Crippen LogP contribution in [-0.4, -0.2) is 6.04 Å². The lowest BCUT2D eigenvalue weighted by atomic mass is 9.88. The fraction of sp³-hybridized carbons (Fsp3) is 0.571. The highest BCUT2D eigenvalue weighted by molar-refractivity contribution is 5.26. The molecule has 0 radical (unpaired) electrons. The Morgan fingerprint density at radius 3 is 2.44 bits per heavy atom. The lowest BCUT2D eigenvalue weighted by Crippen LogP contribution is -2.37. The Balaban J connectivity index is 2.62. The molecular formula is C14H22FN. The molecule has 1 aromatic carbocycles. The molecule has 0 saturated carbocycles. The minimum atomic E-state index is -0.162. The van der Waals surface area contributed by atoms with Crippen LogP contribution in [0.15, 0.2) is 18.2 Å². The fourth-order valence-corrected chi connectivity index (χ4v) is 1.43. The summed E-state index contributed by atoms with van der Waals surface area (Å²) in [5.41, 5.74) is 2.42. The van der Waals surface area contributed by atoms with E-state index >= 15 is 0 Å². The van der Waals surface area contributed by atoms with E-state index in [1.54, 1.807) is 6.07 Å². The molecule has 16 heavy (non-hydrogen) atoms. The van der Waals surface area contributed by atoms with Crippen LogP contribution in [0.5, 0.6) is 0 Å². The van der Waals surface area contributed by atoms with Crippen LogP contribution in [0.4, 0.5) is 4.39 Å². The third-order valence-corrected chi connectivity index (χ3v) is 3.20. The van der Waals surface area contributed by atoms with Crippen molar-refractivity contribution in [3.05, 3.63) is 35.1 Å². The highest BCUT2D eigenvalue weighted by Gasteiger charge is 2.19. The molecule has 90 valence electrons. The zero-order valence-corrected chi connectivity index (χ0v) is 10.9. The minimum Gasteiger partial charge on any atom is -0.310 e. The zero-order valence-electron chi connectivity index (χ0n) is 10.9. The summed E-state index contributed by atoms with van der Waals surface area (Å²) in [6.07, 6.45) is 0. The molecule has 1 unspecified atom stereocenters. The van der Waals surface area contributed by atoms with Crippen LogP contribution >= 0.6 is 0 Å². The Kier molecular flexibility index (Phi) is 4.09. The molecule has 1 aromatic rings. The topological polar surface area (TPSA) is 12.0 Å². The van der Waals surface area contributed by atoms with Crippen molar-refractivity contribution in [2.24, 2.45) is 5.41 Å². The Morgan fingerprint density at radius 2 is 1.94 bits per heavy atom. The Morgan fingerprint density at radius 1 is 1.31 bits per heavy atom. The van der Waals surface area contributed by atoms with Crippen molar-refractivity contribution in [1.82, 2.24) is 5.32 Å². The van der Waals surface area contributed by atoms with Crippen LogP contribution in [0.25, 0.3) is 0 Å². The van der Waals surface area contributed by atoms with Crippen molar-refractivity contribution in [3.63, 3.8) is 0 Å². The van der Waals surface area contributed by atoms with Gasteiger partial charge in [-0.25, -0.2) is 4.39 Å². The summed E-state index contributed by atoms with van der Waals surface area (Å²) in [6.45, 7) is 11.6. The standard InChI is InChI=1S/C14H22FN/c1-10-8-13(15)7-6-12(10)9-16-11(2)14(3,4)5/h6-8,11,16H,9H2,1-5H3. The number of aryl methyl sites for hydroxylation is 1. The molecule has 1 rings (SSSR count). The average Bonchev–Trinajstić information content (AvgIpc) is 2.14. The first-order valence-corrected chi connectivity index (χ1v) is 5.79. The van der Waals surface area contributed by atoms with Crippen molar-refractivity contribution >= 4 is 0 Å². The van der Waals surface area contributed by atoms with E-state index in [1.165, 1.54) is 6.07 Å². The van der Waals surface area contributed by atoms with Crippen LogP contribution in [0, 0.1) is 18.2 Å². The second kappa shape index (κ2) is 4.96. The van der Waals surface area contributed by atoms with E-state index < -0.39 is 0 Å². The van der Waals surface area contributed by atoms with Crippen molar-refractivity contribution in [2.75, 3.05) is 0 Å². The number of rotatable bonds is 3. The van der Waals surface area contributed by atoms with Crippen molar-refractivity contribution in [1.29, 1.82) is 0 Å². The van der Waals surface area contributed by atoms with Gasteiger partial charge in [-0.1, -0.05) is 26.8 Å². The molecular weight excluding hydrogens is 201 g/mol. The first kappa shape index (κ1) is 13.2. The minimum absolute atomic E-state index is 0.162. The summed E-state index contributed by atoms with van der Waals surface area (Å²) in [7, 11) is 0. The van der Waals surface area contributed by atoms with E-state index in [4.69, 9.17) is 0 Å². The molecule has 1 atom stereocenters. The van der Waals surface area contributed by atoms with Gasteiger partial charge in [-0.05, 0) is 42.5 Å². The van der Waals surface area contributed by atoms with Gasteiger partial charge in [0.15, 0.2) is 0 Å². The summed E-state index contributed by atoms with van der Waals surface area (Å²) in [5.74, 6) is -0.162. The van der Waals surface area contributed by atoms with Gasteiger partial charge in [-0.15, -0.1) is 0 Å². The highest BCUT2D eigenvalue weighted by Crippen LogP contribution is 2.19. The first-order chi connectivity index (χ1) is 7.30. The van der Waals surface area contributed by atoms with E-state index in [0.717, 1.165) is 17.7 Å². The lowest BCUT2D eigenvalue weighted by Gasteiger charge is -2.28. The number of nitrogens with one attached hydrogen (secondary N) is 1. The molecule has 1 nitrogen and oxygen atoms in total. The van der Waals surface area contributed by atoms with Gasteiger partial charge in [0.1, 0.15) is 5.82 Å². The third kappa shape index (κ3) is 3.60. The molecule has 0 amide bonds. The van der Waals surface area contributed by atoms with Gasteiger partial charge < -0.3 is 5.32 Å². The van der Waals surface area contributed by atoms with Gasteiger partial charge in [0, 0.05) is 12.6 Å². The summed E-state index contributed by atoms with van der Waals surface area (Å²) in [4.78, 5) is 0. The van der Waals surface area contributed by atoms with Gasteiger partial charge in [-0.2, -0.15) is 0 Å². The SMILES string of the molecule is Cc1cc(F)ccc1CNC(C)C(C)(C)C. The largest absolute Gasteiger partial charge is 0.310 e. The molecule has 0 bridgehead atoms. The first-order valence-electron chi connectivity index (χ1n) is 5.79. The van der Waals surface area contributed by atoms with Crippen LogP contribution in [-0.2, 0) is 6.54 Å². The normalized spacial score (nSPS) is 13.9. The second-order valence-corrected chi connectivity index (χ2v) is 5.54. The number of benzene rings is 1. The van der Waals surface area contributed by atoms with Crippen molar-refractivity contribution < 1.29 is 4.39 Å². The lowest BCUT2D eigenvalue weighted by molar-refractivity contribution is 0.285. The van der Waals surface area contributed by atoms with Gasteiger partial charge in [-0.3, -0.25) is 0 Å². The number of halogens is 1. The molecule has 0 aliphatic rings. The molecule has 0 fully saturated rings. The smallest absolute Gasteiger partial charge is 0.123 e. The maximum atomic E-state index is 12.9. The molecule has 0 aliphatic heterocycles. The van der Waals surface area contributed by atoms with Crippen LogP contribution in [0.3, 0.4) is 0 Å². The fourth-order valence-electron chi connectivity index (χ4n) is 1.43. The molecule has 0 heterocycles. The predicted molar refractivity (Wildman–Crippen MR) is 66.9 cm³/mol. The zero-order chi connectivity index (χ0) is 12.3. The maximum Gasteiger partial charge on any atom is 0.123 e. The summed E-state index contributed by atoms with van der Waals surface area (Å²) in [6, 6.07) is 5.38. The van der Waals surface area contributed by atoms with Gasteiger partial charge in [0.25, 0.3) is 0 Å². The average molecular weight is 223 g/mol. The molecule has 0 saturated heterocycles. The summed E-state index contributed by atoms with van der Waals surface area (Å²) in [5, 5.41) is 3.48. The Labute approximate surface area is 98.1 Å². The van der Waals surface area contributed by atoms with E-state index in [9.17, 15) is 4.39 Å². The summed E-state index contributed by atoms with van der Waals surface area (Å²) >= 11 is 0. The quantitative estimate of drug-likeness (QED) is 0.824. The van der Waals surface area contributed by atoms with Gasteiger partial charge >= 0.3 is 0 Å². The third-order valence-electron chi connectivity index (χ3n) is 3.20. The number of hydrogen-bond donors (Lipinski definition) is 1. The van der Waals surface area contributed by atoms with E-state index in [1.807, 2.05) is 13.0 Å². The maximum absolute atomic E-state index is 12.9. The van der Waals surface area contributed by atoms with E-state index in [2.05, 4.69) is 33.0 Å². The number of hydrogen-bond acceptors (Lipinski definition) is 1. The van der Waals surface area contributed by atoms with E-state index in [0.29, 0.717) is 6.04 Å². The van der Waals surface area contributed by atoms with Gasteiger partial charge in [0.05, 0.1) is 0 Å². The monoisotopic (exact) mass is 223 g/mol. The predicted octanol–water partition coefficient (Wildman–Crippen LogP) is 3.66. The van der Waals surface area contributed by atoms with Gasteiger partial charge in [0.2, 0.25) is 0 Å². The van der Waals surface area contributed by atoms with Crippen molar-refractivity contribution in [3.8, 4) is 0 Å².